The van der Waals surface area contributed by atoms with Gasteiger partial charge in [0, 0.05) is 6.54 Å². The van der Waals surface area contributed by atoms with Crippen LogP contribution in [-0.4, -0.2) is 47.7 Å². The predicted molar refractivity (Wildman–Crippen MR) is 64.2 cm³/mol. The Bertz CT molecular complexity index is 579. The maximum Gasteiger partial charge on any atom is 0.305 e. The molecule has 1 aliphatic rings. The van der Waals surface area contributed by atoms with Gasteiger partial charge in [0.1, 0.15) is 0 Å². The summed E-state index contributed by atoms with van der Waals surface area (Å²) in [5.74, 6) is -6.74. The van der Waals surface area contributed by atoms with Gasteiger partial charge in [-0.05, 0) is 12.1 Å². The zero-order chi connectivity index (χ0) is 15.6. The van der Waals surface area contributed by atoms with Crippen molar-refractivity contribution in [3.8, 4) is 0 Å². The second-order valence-corrected chi connectivity index (χ2v) is 4.55. The first-order chi connectivity index (χ1) is 9.91. The van der Waals surface area contributed by atoms with E-state index in [1.807, 2.05) is 0 Å². The molecular weight excluding hydrogens is 291 g/mol. The van der Waals surface area contributed by atoms with Crippen molar-refractivity contribution in [3.05, 3.63) is 35.1 Å². The molecule has 1 N–H and O–H groups in total. The van der Waals surface area contributed by atoms with Gasteiger partial charge in [-0.2, -0.15) is 0 Å². The number of halogens is 3. The highest BCUT2D eigenvalue weighted by atomic mass is 19.2. The first kappa shape index (κ1) is 15.3. The van der Waals surface area contributed by atoms with Gasteiger partial charge in [-0.1, -0.05) is 0 Å². The summed E-state index contributed by atoms with van der Waals surface area (Å²) in [6.45, 7) is 0.200. The Morgan fingerprint density at radius 2 is 2.00 bits per heavy atom. The molecule has 1 aromatic rings. The molecule has 0 aromatic heterocycles. The largest absolute Gasteiger partial charge is 0.481 e. The third-order valence-corrected chi connectivity index (χ3v) is 3.16. The minimum Gasteiger partial charge on any atom is -0.481 e. The van der Waals surface area contributed by atoms with Gasteiger partial charge in [-0.15, -0.1) is 0 Å². The van der Waals surface area contributed by atoms with Crippen LogP contribution in [0.15, 0.2) is 12.1 Å². The first-order valence-corrected chi connectivity index (χ1v) is 6.15. The van der Waals surface area contributed by atoms with Gasteiger partial charge in [0.2, 0.25) is 0 Å². The molecule has 1 fully saturated rings. The van der Waals surface area contributed by atoms with E-state index in [1.165, 1.54) is 0 Å². The number of carboxylic acid groups (broad SMARTS) is 1. The standard InChI is InChI=1S/C13H12F3NO4/c14-9-2-1-8(11(15)12(9)16)13(20)17-3-4-21-6-7(17)5-10(18)19/h1-2,7H,3-6H2,(H,18,19). The predicted octanol–water partition coefficient (Wildman–Crippen LogP) is 1.42. The maximum absolute atomic E-state index is 13.6. The number of benzene rings is 1. The van der Waals surface area contributed by atoms with E-state index in [-0.39, 0.29) is 26.2 Å². The van der Waals surface area contributed by atoms with Crippen molar-refractivity contribution in [1.29, 1.82) is 0 Å². The fourth-order valence-electron chi connectivity index (χ4n) is 2.14. The Kier molecular flexibility index (Phi) is 4.46. The molecule has 0 spiro atoms. The lowest BCUT2D eigenvalue weighted by Gasteiger charge is -2.34. The number of morpholine rings is 1. The van der Waals surface area contributed by atoms with Crippen LogP contribution in [0, 0.1) is 17.5 Å². The molecule has 1 heterocycles. The van der Waals surface area contributed by atoms with Crippen LogP contribution in [0.4, 0.5) is 13.2 Å². The molecule has 0 aliphatic carbocycles. The molecule has 0 bridgehead atoms. The van der Waals surface area contributed by atoms with Gasteiger partial charge in [0.05, 0.1) is 31.2 Å². The summed E-state index contributed by atoms with van der Waals surface area (Å²) in [5, 5.41) is 8.79. The van der Waals surface area contributed by atoms with E-state index < -0.39 is 40.9 Å². The molecule has 0 radical (unpaired) electrons. The van der Waals surface area contributed by atoms with E-state index >= 15 is 0 Å². The van der Waals surface area contributed by atoms with Crippen molar-refractivity contribution in [1.82, 2.24) is 4.90 Å². The third-order valence-electron chi connectivity index (χ3n) is 3.16. The van der Waals surface area contributed by atoms with Crippen LogP contribution in [0.2, 0.25) is 0 Å². The van der Waals surface area contributed by atoms with E-state index in [1.54, 1.807) is 0 Å². The van der Waals surface area contributed by atoms with Gasteiger partial charge in [0.25, 0.3) is 5.91 Å². The Morgan fingerprint density at radius 1 is 1.29 bits per heavy atom. The minimum atomic E-state index is -1.73. The van der Waals surface area contributed by atoms with Crippen LogP contribution in [0.5, 0.6) is 0 Å². The fourth-order valence-corrected chi connectivity index (χ4v) is 2.14. The lowest BCUT2D eigenvalue weighted by molar-refractivity contribution is -0.139. The number of hydrogen-bond donors (Lipinski definition) is 1. The normalized spacial score (nSPS) is 18.6. The molecule has 21 heavy (non-hydrogen) atoms. The summed E-state index contributed by atoms with van der Waals surface area (Å²) in [7, 11) is 0. The maximum atomic E-state index is 13.6. The average Bonchev–Trinajstić information content (AvgIpc) is 2.44. The van der Waals surface area contributed by atoms with Crippen LogP contribution >= 0.6 is 0 Å². The molecule has 1 amide bonds. The molecule has 1 aliphatic heterocycles. The van der Waals surface area contributed by atoms with Gasteiger partial charge < -0.3 is 14.7 Å². The monoisotopic (exact) mass is 303 g/mol. The van der Waals surface area contributed by atoms with E-state index in [9.17, 15) is 22.8 Å². The number of aliphatic carboxylic acids is 1. The van der Waals surface area contributed by atoms with Crippen LogP contribution in [0.3, 0.4) is 0 Å². The van der Waals surface area contributed by atoms with Crippen LogP contribution in [0.1, 0.15) is 16.8 Å². The molecule has 114 valence electrons. The number of rotatable bonds is 3. The zero-order valence-corrected chi connectivity index (χ0v) is 10.8. The molecule has 1 unspecified atom stereocenters. The Hall–Kier alpha value is -2.09. The molecule has 1 atom stereocenters. The number of nitrogens with zero attached hydrogens (tertiary/aromatic N) is 1. The molecule has 0 saturated carbocycles. The minimum absolute atomic E-state index is 0.0106. The smallest absolute Gasteiger partial charge is 0.305 e. The van der Waals surface area contributed by atoms with Gasteiger partial charge in [-0.25, -0.2) is 13.2 Å². The molecule has 1 saturated heterocycles. The number of carboxylic acids is 1. The van der Waals surface area contributed by atoms with E-state index in [0.717, 1.165) is 11.0 Å². The molecule has 2 rings (SSSR count). The zero-order valence-electron chi connectivity index (χ0n) is 10.8. The second kappa shape index (κ2) is 6.13. The second-order valence-electron chi connectivity index (χ2n) is 4.55. The third kappa shape index (κ3) is 3.15. The highest BCUT2D eigenvalue weighted by Crippen LogP contribution is 2.20. The van der Waals surface area contributed by atoms with Crippen molar-refractivity contribution in [2.75, 3.05) is 19.8 Å². The van der Waals surface area contributed by atoms with Gasteiger partial charge in [0.15, 0.2) is 17.5 Å². The van der Waals surface area contributed by atoms with Crippen molar-refractivity contribution < 1.29 is 32.6 Å². The van der Waals surface area contributed by atoms with E-state index in [2.05, 4.69) is 0 Å². The quantitative estimate of drug-likeness (QED) is 0.858. The highest BCUT2D eigenvalue weighted by Gasteiger charge is 2.32. The summed E-state index contributed by atoms with van der Waals surface area (Å²) < 4.78 is 44.8. The Labute approximate surface area is 117 Å². The Balaban J connectivity index is 2.29. The van der Waals surface area contributed by atoms with Crippen molar-refractivity contribution in [2.24, 2.45) is 0 Å². The SMILES string of the molecule is O=C(O)CC1COCCN1C(=O)c1ccc(F)c(F)c1F. The van der Waals surface area contributed by atoms with E-state index in [4.69, 9.17) is 9.84 Å². The van der Waals surface area contributed by atoms with Crippen LogP contribution in [0.25, 0.3) is 0 Å². The summed E-state index contributed by atoms with van der Waals surface area (Å²) in [5.41, 5.74) is -0.633. The Morgan fingerprint density at radius 3 is 2.67 bits per heavy atom. The van der Waals surface area contributed by atoms with Crippen LogP contribution < -0.4 is 0 Å². The molecule has 1 aromatic carbocycles. The van der Waals surface area contributed by atoms with Crippen molar-refractivity contribution in [3.63, 3.8) is 0 Å². The number of carbonyl (C=O) groups excluding carboxylic acids is 1. The summed E-state index contributed by atoms with van der Waals surface area (Å²) in [6, 6.07) is 0.707. The molecule has 5 nitrogen and oxygen atoms in total. The number of hydrogen-bond acceptors (Lipinski definition) is 3. The summed E-state index contributed by atoms with van der Waals surface area (Å²) in [6.07, 6.45) is -0.378. The van der Waals surface area contributed by atoms with Crippen LogP contribution in [-0.2, 0) is 9.53 Å². The summed E-state index contributed by atoms with van der Waals surface area (Å²) in [4.78, 5) is 24.1. The number of ether oxygens (including phenoxy) is 1. The first-order valence-electron chi connectivity index (χ1n) is 6.15. The average molecular weight is 303 g/mol. The highest BCUT2D eigenvalue weighted by molar-refractivity contribution is 5.95. The lowest BCUT2D eigenvalue weighted by Crippen LogP contribution is -2.49. The van der Waals surface area contributed by atoms with Crippen molar-refractivity contribution in [2.45, 2.75) is 12.5 Å². The molecular formula is C13H12F3NO4. The van der Waals surface area contributed by atoms with E-state index in [0.29, 0.717) is 6.07 Å². The molecule has 8 heteroatoms. The number of amides is 1. The van der Waals surface area contributed by atoms with Gasteiger partial charge in [-0.3, -0.25) is 9.59 Å². The van der Waals surface area contributed by atoms with Gasteiger partial charge >= 0.3 is 5.97 Å². The fraction of sp³-hybridized carbons (Fsp3) is 0.385. The number of carbonyl (C=O) groups is 2. The van der Waals surface area contributed by atoms with Crippen molar-refractivity contribution >= 4 is 11.9 Å². The lowest BCUT2D eigenvalue weighted by atomic mass is 10.1. The summed E-state index contributed by atoms with van der Waals surface area (Å²) >= 11 is 0. The topological polar surface area (TPSA) is 66.8 Å².